The van der Waals surface area contributed by atoms with E-state index in [4.69, 9.17) is 11.6 Å². The molecular weight excluding hydrogens is 400 g/mol. The minimum Gasteiger partial charge on any atom is -0.314 e. The number of amides is 1. The molecule has 0 spiro atoms. The number of sulfonamides is 1. The smallest absolute Gasteiger partial charge is 0.271 e. The third-order valence-corrected chi connectivity index (χ3v) is 6.55. The van der Waals surface area contributed by atoms with E-state index in [0.717, 1.165) is 0 Å². The van der Waals surface area contributed by atoms with Gasteiger partial charge in [-0.1, -0.05) is 29.8 Å². The highest BCUT2D eigenvalue weighted by Gasteiger charge is 2.25. The molecule has 1 aliphatic heterocycles. The first-order chi connectivity index (χ1) is 13.4. The Kier molecular flexibility index (Phi) is 6.46. The van der Waals surface area contributed by atoms with E-state index >= 15 is 0 Å². The molecule has 3 rings (SSSR count). The van der Waals surface area contributed by atoms with Crippen molar-refractivity contribution >= 4 is 33.2 Å². The molecular formula is C19H21ClN4O3S. The zero-order chi connectivity index (χ0) is 20.1. The fourth-order valence-corrected chi connectivity index (χ4v) is 4.43. The lowest BCUT2D eigenvalue weighted by molar-refractivity contribution is 0.0955. The Morgan fingerprint density at radius 2 is 1.79 bits per heavy atom. The number of carbonyl (C=O) groups is 1. The maximum Gasteiger partial charge on any atom is 0.271 e. The van der Waals surface area contributed by atoms with Crippen molar-refractivity contribution < 1.29 is 13.2 Å². The van der Waals surface area contributed by atoms with E-state index in [1.165, 1.54) is 4.31 Å². The molecule has 28 heavy (non-hydrogen) atoms. The van der Waals surface area contributed by atoms with E-state index in [9.17, 15) is 13.2 Å². The average Bonchev–Trinajstić information content (AvgIpc) is 2.72. The summed E-state index contributed by atoms with van der Waals surface area (Å²) < 4.78 is 26.8. The summed E-state index contributed by atoms with van der Waals surface area (Å²) in [6.45, 7) is 3.95. The molecule has 0 aromatic heterocycles. The number of nitrogens with zero attached hydrogens (tertiary/aromatic N) is 2. The Hall–Kier alpha value is -2.26. The predicted octanol–water partition coefficient (Wildman–Crippen LogP) is 2.09. The summed E-state index contributed by atoms with van der Waals surface area (Å²) in [7, 11) is -3.50. The van der Waals surface area contributed by atoms with Gasteiger partial charge < -0.3 is 5.32 Å². The monoisotopic (exact) mass is 420 g/mol. The molecule has 0 unspecified atom stereocenters. The van der Waals surface area contributed by atoms with Crippen molar-refractivity contribution in [2.24, 2.45) is 5.10 Å². The molecule has 1 saturated heterocycles. The van der Waals surface area contributed by atoms with Gasteiger partial charge >= 0.3 is 0 Å². The number of hydrazone groups is 1. The highest BCUT2D eigenvalue weighted by molar-refractivity contribution is 7.89. The molecule has 7 nitrogen and oxygen atoms in total. The van der Waals surface area contributed by atoms with Crippen molar-refractivity contribution in [3.63, 3.8) is 0 Å². The minimum absolute atomic E-state index is 0.244. The number of piperazine rings is 1. The topological polar surface area (TPSA) is 90.9 Å². The van der Waals surface area contributed by atoms with Gasteiger partial charge in [-0.25, -0.2) is 13.8 Å². The predicted molar refractivity (Wildman–Crippen MR) is 109 cm³/mol. The summed E-state index contributed by atoms with van der Waals surface area (Å²) >= 11 is 5.88. The zero-order valence-electron chi connectivity index (χ0n) is 15.4. The second-order valence-corrected chi connectivity index (χ2v) is 8.70. The number of hydrogen-bond donors (Lipinski definition) is 2. The second kappa shape index (κ2) is 8.83. The first-order valence-electron chi connectivity index (χ1n) is 8.79. The maximum absolute atomic E-state index is 12.7. The van der Waals surface area contributed by atoms with Crippen molar-refractivity contribution in [1.29, 1.82) is 0 Å². The van der Waals surface area contributed by atoms with Crippen LogP contribution in [0.25, 0.3) is 0 Å². The molecule has 1 aliphatic rings. The largest absolute Gasteiger partial charge is 0.314 e. The highest BCUT2D eigenvalue weighted by Crippen LogP contribution is 2.17. The lowest BCUT2D eigenvalue weighted by Crippen LogP contribution is -2.46. The highest BCUT2D eigenvalue weighted by atomic mass is 35.5. The molecule has 2 N–H and O–H groups in total. The lowest BCUT2D eigenvalue weighted by atomic mass is 10.1. The van der Waals surface area contributed by atoms with Crippen molar-refractivity contribution in [3.05, 3.63) is 64.7 Å². The first kappa shape index (κ1) is 20.5. The molecule has 0 aliphatic carbocycles. The molecule has 2 aromatic carbocycles. The van der Waals surface area contributed by atoms with Crippen molar-refractivity contribution in [2.45, 2.75) is 11.8 Å². The molecule has 0 radical (unpaired) electrons. The molecule has 1 amide bonds. The van der Waals surface area contributed by atoms with Crippen LogP contribution in [0.2, 0.25) is 5.02 Å². The minimum atomic E-state index is -3.50. The van der Waals surface area contributed by atoms with E-state index in [-0.39, 0.29) is 10.8 Å². The Balaban J connectivity index is 1.70. The van der Waals surface area contributed by atoms with Crippen LogP contribution in [0, 0.1) is 0 Å². The van der Waals surface area contributed by atoms with Crippen LogP contribution in [-0.4, -0.2) is 50.5 Å². The first-order valence-corrected chi connectivity index (χ1v) is 10.6. The van der Waals surface area contributed by atoms with Gasteiger partial charge in [0.25, 0.3) is 5.91 Å². The van der Waals surface area contributed by atoms with E-state index in [2.05, 4.69) is 15.8 Å². The molecule has 0 saturated carbocycles. The number of halogens is 1. The molecule has 1 heterocycles. The number of benzene rings is 2. The van der Waals surface area contributed by atoms with Crippen LogP contribution in [-0.2, 0) is 10.0 Å². The number of nitrogens with one attached hydrogen (secondary N) is 2. The SMILES string of the molecule is C/C(=N/NC(=O)c1cccc(Cl)c1)c1ccc(S(=O)(=O)N2CCNCC2)cc1. The number of rotatable bonds is 5. The van der Waals surface area contributed by atoms with E-state index < -0.39 is 10.0 Å². The Morgan fingerprint density at radius 1 is 1.11 bits per heavy atom. The van der Waals surface area contributed by atoms with Crippen LogP contribution >= 0.6 is 11.6 Å². The van der Waals surface area contributed by atoms with Crippen molar-refractivity contribution in [3.8, 4) is 0 Å². The summed E-state index contributed by atoms with van der Waals surface area (Å²) in [5, 5.41) is 7.69. The van der Waals surface area contributed by atoms with Gasteiger partial charge in [-0.15, -0.1) is 0 Å². The van der Waals surface area contributed by atoms with Crippen molar-refractivity contribution in [2.75, 3.05) is 26.2 Å². The lowest BCUT2D eigenvalue weighted by Gasteiger charge is -2.26. The summed E-state index contributed by atoms with van der Waals surface area (Å²) in [6, 6.07) is 13.0. The van der Waals surface area contributed by atoms with Gasteiger partial charge in [-0.3, -0.25) is 4.79 Å². The van der Waals surface area contributed by atoms with Gasteiger partial charge in [-0.2, -0.15) is 9.41 Å². The third-order valence-electron chi connectivity index (χ3n) is 4.40. The molecule has 9 heteroatoms. The van der Waals surface area contributed by atoms with Gasteiger partial charge in [-0.05, 0) is 42.8 Å². The standard InChI is InChI=1S/C19H21ClN4O3S/c1-14(22-23-19(25)16-3-2-4-17(20)13-16)15-5-7-18(8-6-15)28(26,27)24-11-9-21-10-12-24/h2-8,13,21H,9-12H2,1H3,(H,23,25)/b22-14-. The summed E-state index contributed by atoms with van der Waals surface area (Å²) in [5.74, 6) is -0.375. The fraction of sp³-hybridized carbons (Fsp3) is 0.263. The van der Waals surface area contributed by atoms with Gasteiger partial charge in [0.15, 0.2) is 0 Å². The molecule has 0 atom stereocenters. The van der Waals surface area contributed by atoms with Crippen LogP contribution in [0.5, 0.6) is 0 Å². The van der Waals surface area contributed by atoms with Gasteiger partial charge in [0.1, 0.15) is 0 Å². The average molecular weight is 421 g/mol. The van der Waals surface area contributed by atoms with Gasteiger partial charge in [0.05, 0.1) is 10.6 Å². The van der Waals surface area contributed by atoms with Gasteiger partial charge in [0.2, 0.25) is 10.0 Å². The van der Waals surface area contributed by atoms with Crippen LogP contribution < -0.4 is 10.7 Å². The Morgan fingerprint density at radius 3 is 2.43 bits per heavy atom. The summed E-state index contributed by atoms with van der Waals surface area (Å²) in [6.07, 6.45) is 0. The summed E-state index contributed by atoms with van der Waals surface area (Å²) in [5.41, 5.74) is 4.15. The van der Waals surface area contributed by atoms with Crippen molar-refractivity contribution in [1.82, 2.24) is 15.0 Å². The number of carbonyl (C=O) groups excluding carboxylic acids is 1. The second-order valence-electron chi connectivity index (χ2n) is 6.33. The maximum atomic E-state index is 12.7. The van der Waals surface area contributed by atoms with Crippen LogP contribution in [0.15, 0.2) is 58.5 Å². The molecule has 0 bridgehead atoms. The molecule has 2 aromatic rings. The Bertz CT molecular complexity index is 984. The van der Waals surface area contributed by atoms with E-state index in [0.29, 0.717) is 48.0 Å². The number of hydrogen-bond acceptors (Lipinski definition) is 5. The van der Waals surface area contributed by atoms with Crippen LogP contribution in [0.4, 0.5) is 0 Å². The Labute approximate surface area is 169 Å². The quantitative estimate of drug-likeness (QED) is 0.572. The van der Waals surface area contributed by atoms with E-state index in [1.54, 1.807) is 55.5 Å². The fourth-order valence-electron chi connectivity index (χ4n) is 2.80. The van der Waals surface area contributed by atoms with E-state index in [1.807, 2.05) is 0 Å². The van der Waals surface area contributed by atoms with Gasteiger partial charge in [0, 0.05) is 36.8 Å². The molecule has 1 fully saturated rings. The van der Waals surface area contributed by atoms with Crippen LogP contribution in [0.3, 0.4) is 0 Å². The molecule has 148 valence electrons. The van der Waals surface area contributed by atoms with Crippen LogP contribution in [0.1, 0.15) is 22.8 Å². The zero-order valence-corrected chi connectivity index (χ0v) is 16.9. The normalized spacial score (nSPS) is 16.0. The third kappa shape index (κ3) is 4.77. The summed E-state index contributed by atoms with van der Waals surface area (Å²) in [4.78, 5) is 12.4.